The second kappa shape index (κ2) is 10.3. The van der Waals surface area contributed by atoms with Gasteiger partial charge in [0.25, 0.3) is 0 Å². The first-order chi connectivity index (χ1) is 17.7. The predicted molar refractivity (Wildman–Crippen MR) is 141 cm³/mol. The van der Waals surface area contributed by atoms with Crippen molar-refractivity contribution in [2.45, 2.75) is 71.5 Å². The minimum atomic E-state index is -0.628. The molecule has 0 aromatic heterocycles. The number of carbonyl (C=O) groups is 3. The molecule has 37 heavy (non-hydrogen) atoms. The highest BCUT2D eigenvalue weighted by atomic mass is 35.5. The fourth-order valence-corrected chi connectivity index (χ4v) is 5.92. The molecular formula is C28H34ClN5O3. The van der Waals surface area contributed by atoms with Gasteiger partial charge in [0.15, 0.2) is 6.29 Å². The molecule has 2 aromatic carbocycles. The first kappa shape index (κ1) is 25.5. The average molecular weight is 524 g/mol. The Kier molecular flexibility index (Phi) is 7.14. The monoisotopic (exact) mass is 523 g/mol. The van der Waals surface area contributed by atoms with Crippen molar-refractivity contribution >= 4 is 29.4 Å². The number of carbonyl (C=O) groups excluding carboxylic acids is 3. The molecule has 2 heterocycles. The molecule has 9 heteroatoms. The topological polar surface area (TPSA) is 85.0 Å². The molecule has 4 amide bonds. The van der Waals surface area contributed by atoms with Crippen LogP contribution in [-0.4, -0.2) is 51.0 Å². The van der Waals surface area contributed by atoms with Crippen molar-refractivity contribution < 1.29 is 14.4 Å². The third-order valence-electron chi connectivity index (χ3n) is 7.62. The SMILES string of the molecule is Cc1ccc(CN2C(=O)C3CCC(C(=O)NC(C)C)CC3N3C(=O)N(Cc4ccccc4Cl)NC23)cc1. The second-order valence-corrected chi connectivity index (χ2v) is 11.1. The fraction of sp³-hybridized carbons (Fsp3) is 0.464. The highest BCUT2D eigenvalue weighted by Crippen LogP contribution is 2.41. The Bertz CT molecular complexity index is 1190. The van der Waals surface area contributed by atoms with Crippen molar-refractivity contribution in [2.24, 2.45) is 11.8 Å². The summed E-state index contributed by atoms with van der Waals surface area (Å²) in [6.07, 6.45) is 1.05. The van der Waals surface area contributed by atoms with E-state index in [1.165, 1.54) is 0 Å². The summed E-state index contributed by atoms with van der Waals surface area (Å²) in [6, 6.07) is 15.0. The molecule has 5 rings (SSSR count). The highest BCUT2D eigenvalue weighted by Gasteiger charge is 2.56. The lowest BCUT2D eigenvalue weighted by Gasteiger charge is -2.49. The molecule has 2 N–H and O–H groups in total. The van der Waals surface area contributed by atoms with Crippen molar-refractivity contribution in [1.29, 1.82) is 0 Å². The number of rotatable bonds is 6. The average Bonchev–Trinajstić information content (AvgIpc) is 3.19. The van der Waals surface area contributed by atoms with E-state index in [4.69, 9.17) is 11.6 Å². The smallest absolute Gasteiger partial charge is 0.337 e. The van der Waals surface area contributed by atoms with E-state index in [-0.39, 0.29) is 48.3 Å². The molecule has 0 bridgehead atoms. The van der Waals surface area contributed by atoms with Crippen molar-refractivity contribution in [3.8, 4) is 0 Å². The third-order valence-corrected chi connectivity index (χ3v) is 7.99. The molecule has 2 aliphatic heterocycles. The van der Waals surface area contributed by atoms with Gasteiger partial charge in [-0.15, -0.1) is 0 Å². The summed E-state index contributed by atoms with van der Waals surface area (Å²) in [5.41, 5.74) is 6.26. The van der Waals surface area contributed by atoms with Gasteiger partial charge >= 0.3 is 6.03 Å². The Labute approximate surface area is 222 Å². The van der Waals surface area contributed by atoms with Crippen molar-refractivity contribution in [3.05, 3.63) is 70.2 Å². The van der Waals surface area contributed by atoms with E-state index in [1.807, 2.05) is 63.2 Å². The molecule has 196 valence electrons. The minimum absolute atomic E-state index is 0.00735. The van der Waals surface area contributed by atoms with Crippen LogP contribution in [0.5, 0.6) is 0 Å². The highest BCUT2D eigenvalue weighted by molar-refractivity contribution is 6.31. The molecule has 0 spiro atoms. The Balaban J connectivity index is 1.45. The number of urea groups is 1. The van der Waals surface area contributed by atoms with Crippen LogP contribution >= 0.6 is 11.6 Å². The van der Waals surface area contributed by atoms with E-state index in [9.17, 15) is 14.4 Å². The number of fused-ring (bicyclic) bond motifs is 3. The van der Waals surface area contributed by atoms with E-state index in [0.29, 0.717) is 30.8 Å². The normalized spacial score (nSPS) is 25.4. The molecule has 4 atom stereocenters. The predicted octanol–water partition coefficient (Wildman–Crippen LogP) is 4.03. The number of nitrogens with zero attached hydrogens (tertiary/aromatic N) is 3. The Morgan fingerprint density at radius 3 is 2.51 bits per heavy atom. The third kappa shape index (κ3) is 5.05. The lowest BCUT2D eigenvalue weighted by molar-refractivity contribution is -0.159. The largest absolute Gasteiger partial charge is 0.354 e. The van der Waals surface area contributed by atoms with Crippen LogP contribution in [0, 0.1) is 18.8 Å². The number of hydrogen-bond donors (Lipinski definition) is 2. The summed E-state index contributed by atoms with van der Waals surface area (Å²) < 4.78 is 0. The van der Waals surface area contributed by atoms with Crippen molar-refractivity contribution in [2.75, 3.05) is 0 Å². The van der Waals surface area contributed by atoms with E-state index >= 15 is 0 Å². The summed E-state index contributed by atoms with van der Waals surface area (Å²) in [5.74, 6) is -0.552. The van der Waals surface area contributed by atoms with E-state index in [1.54, 1.807) is 20.9 Å². The number of nitrogens with one attached hydrogen (secondary N) is 2. The minimum Gasteiger partial charge on any atom is -0.354 e. The van der Waals surface area contributed by atoms with Crippen LogP contribution in [-0.2, 0) is 22.7 Å². The van der Waals surface area contributed by atoms with Gasteiger partial charge in [0, 0.05) is 29.6 Å². The molecule has 8 nitrogen and oxygen atoms in total. The zero-order chi connectivity index (χ0) is 26.3. The van der Waals surface area contributed by atoms with Crippen LogP contribution < -0.4 is 10.7 Å². The van der Waals surface area contributed by atoms with Crippen LogP contribution in [0.3, 0.4) is 0 Å². The van der Waals surface area contributed by atoms with E-state index < -0.39 is 6.29 Å². The van der Waals surface area contributed by atoms with Crippen molar-refractivity contribution in [3.63, 3.8) is 0 Å². The number of halogens is 1. The molecule has 0 radical (unpaired) electrons. The number of aryl methyl sites for hydroxylation is 1. The van der Waals surface area contributed by atoms with E-state index in [2.05, 4.69) is 10.7 Å². The molecule has 1 saturated carbocycles. The first-order valence-electron chi connectivity index (χ1n) is 13.0. The van der Waals surface area contributed by atoms with E-state index in [0.717, 1.165) is 16.7 Å². The standard InChI is InChI=1S/C28H34ClN5O3/c1-17(2)30-25(35)20-12-13-22-24(14-20)34-27(32(26(22)36)15-19-10-8-18(3)9-11-19)31-33(28(34)37)16-21-6-4-5-7-23(21)29/h4-11,17,20,22,24,27,31H,12-16H2,1-3H3,(H,30,35). The first-order valence-corrected chi connectivity index (χ1v) is 13.4. The van der Waals surface area contributed by atoms with Gasteiger partial charge < -0.3 is 10.2 Å². The van der Waals surface area contributed by atoms with Gasteiger partial charge in [0.05, 0.1) is 12.5 Å². The maximum atomic E-state index is 13.9. The van der Waals surface area contributed by atoms with Crippen LogP contribution in [0.15, 0.2) is 48.5 Å². The number of hydrogen-bond acceptors (Lipinski definition) is 4. The zero-order valence-electron chi connectivity index (χ0n) is 21.5. The van der Waals surface area contributed by atoms with Gasteiger partial charge in [-0.05, 0) is 57.2 Å². The Morgan fingerprint density at radius 2 is 1.81 bits per heavy atom. The maximum absolute atomic E-state index is 13.9. The van der Waals surface area contributed by atoms with Gasteiger partial charge in [-0.3, -0.25) is 19.5 Å². The molecule has 2 aromatic rings. The van der Waals surface area contributed by atoms with Gasteiger partial charge in [-0.1, -0.05) is 59.6 Å². The van der Waals surface area contributed by atoms with Crippen LogP contribution in [0.25, 0.3) is 0 Å². The second-order valence-electron chi connectivity index (χ2n) is 10.7. The molecular weight excluding hydrogens is 490 g/mol. The maximum Gasteiger partial charge on any atom is 0.337 e. The Hall–Kier alpha value is -3.10. The summed E-state index contributed by atoms with van der Waals surface area (Å²) in [4.78, 5) is 44.1. The van der Waals surface area contributed by atoms with Gasteiger partial charge in [-0.25, -0.2) is 4.79 Å². The van der Waals surface area contributed by atoms with Gasteiger partial charge in [0.2, 0.25) is 11.8 Å². The van der Waals surface area contributed by atoms with Crippen LogP contribution in [0.2, 0.25) is 5.02 Å². The lowest BCUT2D eigenvalue weighted by Crippen LogP contribution is -2.66. The number of benzene rings is 2. The van der Waals surface area contributed by atoms with Gasteiger partial charge in [0.1, 0.15) is 0 Å². The number of hydrazine groups is 1. The van der Waals surface area contributed by atoms with Crippen LogP contribution in [0.4, 0.5) is 4.79 Å². The quantitative estimate of drug-likeness (QED) is 0.599. The number of amides is 4. The summed E-state index contributed by atoms with van der Waals surface area (Å²) in [7, 11) is 0. The lowest BCUT2D eigenvalue weighted by atomic mass is 9.75. The van der Waals surface area contributed by atoms with Crippen molar-refractivity contribution in [1.82, 2.24) is 25.6 Å². The summed E-state index contributed by atoms with van der Waals surface area (Å²) in [5, 5.41) is 5.13. The molecule has 1 aliphatic carbocycles. The van der Waals surface area contributed by atoms with Gasteiger partial charge in [-0.2, -0.15) is 5.43 Å². The molecule has 3 fully saturated rings. The molecule has 3 aliphatic rings. The zero-order valence-corrected chi connectivity index (χ0v) is 22.2. The molecule has 4 unspecified atom stereocenters. The fourth-order valence-electron chi connectivity index (χ4n) is 5.72. The Morgan fingerprint density at radius 1 is 1.08 bits per heavy atom. The van der Waals surface area contributed by atoms with Crippen LogP contribution in [0.1, 0.15) is 49.8 Å². The summed E-state index contributed by atoms with van der Waals surface area (Å²) >= 11 is 6.39. The molecule has 2 saturated heterocycles. The summed E-state index contributed by atoms with van der Waals surface area (Å²) in [6.45, 7) is 6.56.